The first-order valence-electron chi connectivity index (χ1n) is 7.52. The first-order valence-corrected chi connectivity index (χ1v) is 9.73. The molecule has 0 bridgehead atoms. The largest absolute Gasteiger partial charge is 0.351 e. The summed E-state index contributed by atoms with van der Waals surface area (Å²) in [6.07, 6.45) is 5.03. The molecule has 120 valence electrons. The van der Waals surface area contributed by atoms with Crippen LogP contribution < -0.4 is 15.8 Å². The zero-order chi connectivity index (χ0) is 15.4. The fraction of sp³-hybridized carbons (Fsp3) is 0.643. The van der Waals surface area contributed by atoms with Crippen molar-refractivity contribution in [2.75, 3.05) is 35.2 Å². The van der Waals surface area contributed by atoms with E-state index in [4.69, 9.17) is 0 Å². The first-order chi connectivity index (χ1) is 10.7. The van der Waals surface area contributed by atoms with E-state index >= 15 is 0 Å². The van der Waals surface area contributed by atoms with Gasteiger partial charge in [0.05, 0.1) is 5.25 Å². The Labute approximate surface area is 137 Å². The third-order valence-electron chi connectivity index (χ3n) is 3.86. The van der Waals surface area contributed by atoms with E-state index < -0.39 is 0 Å². The van der Waals surface area contributed by atoms with Gasteiger partial charge >= 0.3 is 0 Å². The number of hydrogen-bond donors (Lipinski definition) is 2. The van der Waals surface area contributed by atoms with Crippen LogP contribution in [0.1, 0.15) is 12.8 Å². The molecule has 6 nitrogen and oxygen atoms in total. The zero-order valence-corrected chi connectivity index (χ0v) is 13.9. The molecule has 8 heteroatoms. The molecule has 3 heterocycles. The maximum atomic E-state index is 12.3. The maximum absolute atomic E-state index is 12.3. The van der Waals surface area contributed by atoms with Gasteiger partial charge in [0, 0.05) is 48.8 Å². The van der Waals surface area contributed by atoms with Crippen LogP contribution in [-0.2, 0) is 4.79 Å². The molecule has 2 N–H and O–H groups in total. The van der Waals surface area contributed by atoms with Crippen LogP contribution in [-0.4, -0.2) is 57.5 Å². The third kappa shape index (κ3) is 3.78. The Bertz CT molecular complexity index is 574. The molecule has 1 aromatic heterocycles. The highest BCUT2D eigenvalue weighted by molar-refractivity contribution is 8.07. The van der Waals surface area contributed by atoms with E-state index in [-0.39, 0.29) is 22.8 Å². The minimum atomic E-state index is -0.172. The van der Waals surface area contributed by atoms with Crippen LogP contribution in [0, 0.1) is 0 Å². The van der Waals surface area contributed by atoms with E-state index in [2.05, 4.69) is 15.3 Å². The molecular weight excluding hydrogens is 320 g/mol. The fourth-order valence-electron chi connectivity index (χ4n) is 2.79. The molecule has 0 aliphatic carbocycles. The predicted molar refractivity (Wildman–Crippen MR) is 91.8 cm³/mol. The van der Waals surface area contributed by atoms with Crippen molar-refractivity contribution in [2.45, 2.75) is 24.1 Å². The molecule has 1 amide bonds. The van der Waals surface area contributed by atoms with Crippen molar-refractivity contribution in [2.24, 2.45) is 0 Å². The third-order valence-corrected chi connectivity index (χ3v) is 6.62. The number of aromatic nitrogens is 2. The van der Waals surface area contributed by atoms with E-state index in [0.29, 0.717) is 12.4 Å². The van der Waals surface area contributed by atoms with Gasteiger partial charge in [-0.2, -0.15) is 11.8 Å². The normalized spacial score (nSPS) is 25.7. The van der Waals surface area contributed by atoms with Gasteiger partial charge in [0.25, 0.3) is 5.56 Å². The number of hydrogen-bond acceptors (Lipinski definition) is 6. The van der Waals surface area contributed by atoms with Gasteiger partial charge in [-0.15, -0.1) is 11.8 Å². The number of rotatable bonds is 3. The Balaban J connectivity index is 1.60. The Morgan fingerprint density at radius 3 is 3.14 bits per heavy atom. The van der Waals surface area contributed by atoms with E-state index in [0.717, 1.165) is 36.6 Å². The topological polar surface area (TPSA) is 78.1 Å². The zero-order valence-electron chi connectivity index (χ0n) is 12.3. The Hall–Kier alpha value is -1.15. The van der Waals surface area contributed by atoms with Gasteiger partial charge in [-0.1, -0.05) is 0 Å². The molecule has 0 spiro atoms. The van der Waals surface area contributed by atoms with Crippen molar-refractivity contribution in [1.82, 2.24) is 15.3 Å². The lowest BCUT2D eigenvalue weighted by atomic mass is 10.1. The maximum Gasteiger partial charge on any atom is 0.290 e. The molecule has 0 radical (unpaired) electrons. The summed E-state index contributed by atoms with van der Waals surface area (Å²) in [5, 5.41) is 3.22. The molecule has 0 aromatic carbocycles. The van der Waals surface area contributed by atoms with Crippen molar-refractivity contribution in [1.29, 1.82) is 0 Å². The van der Waals surface area contributed by atoms with Crippen LogP contribution in [0.2, 0.25) is 0 Å². The quantitative estimate of drug-likeness (QED) is 0.844. The highest BCUT2D eigenvalue weighted by atomic mass is 32.2. The van der Waals surface area contributed by atoms with Crippen LogP contribution in [0.25, 0.3) is 0 Å². The van der Waals surface area contributed by atoms with Gasteiger partial charge in [-0.25, -0.2) is 4.98 Å². The number of piperidine rings is 1. The minimum absolute atomic E-state index is 0.0624. The number of H-pyrrole nitrogens is 1. The van der Waals surface area contributed by atoms with Gasteiger partial charge in [-0.05, 0) is 12.8 Å². The number of anilines is 1. The van der Waals surface area contributed by atoms with Gasteiger partial charge in [0.15, 0.2) is 5.82 Å². The van der Waals surface area contributed by atoms with Crippen molar-refractivity contribution in [3.05, 3.63) is 22.7 Å². The molecule has 2 fully saturated rings. The van der Waals surface area contributed by atoms with Crippen LogP contribution >= 0.6 is 23.5 Å². The average Bonchev–Trinajstić information content (AvgIpc) is 2.56. The molecule has 22 heavy (non-hydrogen) atoms. The number of amides is 1. The monoisotopic (exact) mass is 340 g/mol. The minimum Gasteiger partial charge on any atom is -0.351 e. The molecule has 0 saturated carbocycles. The highest BCUT2D eigenvalue weighted by Crippen LogP contribution is 2.24. The summed E-state index contributed by atoms with van der Waals surface area (Å²) in [6.45, 7) is 1.46. The van der Waals surface area contributed by atoms with Crippen molar-refractivity contribution in [3.8, 4) is 0 Å². The Kier molecular flexibility index (Phi) is 5.30. The van der Waals surface area contributed by atoms with E-state index in [9.17, 15) is 9.59 Å². The van der Waals surface area contributed by atoms with Gasteiger partial charge in [0.2, 0.25) is 5.91 Å². The number of thioether (sulfide) groups is 2. The Morgan fingerprint density at radius 1 is 1.45 bits per heavy atom. The van der Waals surface area contributed by atoms with Crippen molar-refractivity contribution >= 4 is 35.2 Å². The Morgan fingerprint density at radius 2 is 2.36 bits per heavy atom. The number of nitrogens with zero attached hydrogens (tertiary/aromatic N) is 2. The molecule has 2 saturated heterocycles. The van der Waals surface area contributed by atoms with Crippen molar-refractivity contribution < 1.29 is 4.79 Å². The lowest BCUT2D eigenvalue weighted by molar-refractivity contribution is -0.120. The predicted octanol–water partition coefficient (Wildman–Crippen LogP) is 0.703. The van der Waals surface area contributed by atoms with Gasteiger partial charge < -0.3 is 15.2 Å². The summed E-state index contributed by atoms with van der Waals surface area (Å²) in [4.78, 5) is 33.0. The molecule has 3 rings (SSSR count). The lowest BCUT2D eigenvalue weighted by Crippen LogP contribution is -2.51. The summed E-state index contributed by atoms with van der Waals surface area (Å²) >= 11 is 3.59. The van der Waals surface area contributed by atoms with Crippen LogP contribution in [0.3, 0.4) is 0 Å². The standard InChI is InChI=1S/C14H20N4O2S2/c19-13(11-9-21-6-7-22-11)17-10-2-1-5-18(8-10)12-14(20)16-4-3-15-12/h3-4,10-11H,1-2,5-9H2,(H,16,20)(H,17,19)/t10-,11+/m0/s1. The molecule has 2 aliphatic rings. The number of aromatic amines is 1. The van der Waals surface area contributed by atoms with Crippen LogP contribution in [0.4, 0.5) is 5.82 Å². The van der Waals surface area contributed by atoms with E-state index in [1.807, 2.05) is 16.7 Å². The lowest BCUT2D eigenvalue weighted by Gasteiger charge is -2.34. The number of carbonyl (C=O) groups is 1. The molecular formula is C14H20N4O2S2. The second-order valence-corrected chi connectivity index (χ2v) is 7.93. The molecule has 1 aromatic rings. The average molecular weight is 340 g/mol. The highest BCUT2D eigenvalue weighted by Gasteiger charge is 2.27. The van der Waals surface area contributed by atoms with Crippen molar-refractivity contribution in [3.63, 3.8) is 0 Å². The van der Waals surface area contributed by atoms with E-state index in [1.165, 1.54) is 6.20 Å². The summed E-state index contributed by atoms with van der Waals surface area (Å²) in [5.74, 6) is 3.66. The second kappa shape index (κ2) is 7.41. The number of carbonyl (C=O) groups excluding carboxylic acids is 1. The van der Waals surface area contributed by atoms with E-state index in [1.54, 1.807) is 18.0 Å². The number of nitrogens with one attached hydrogen (secondary N) is 2. The summed E-state index contributed by atoms with van der Waals surface area (Å²) in [6, 6.07) is 0.0928. The SMILES string of the molecule is O=C(N[C@H]1CCCN(c2ncc[nH]c2=O)C1)[C@H]1CSCCS1. The molecule has 2 atom stereocenters. The second-order valence-electron chi connectivity index (χ2n) is 5.47. The first kappa shape index (κ1) is 15.7. The molecule has 0 unspecified atom stereocenters. The summed E-state index contributed by atoms with van der Waals surface area (Å²) < 4.78 is 0. The van der Waals surface area contributed by atoms with Gasteiger partial charge in [0.1, 0.15) is 0 Å². The fourth-order valence-corrected chi connectivity index (χ4v) is 5.36. The van der Waals surface area contributed by atoms with Crippen LogP contribution in [0.15, 0.2) is 17.2 Å². The van der Waals surface area contributed by atoms with Crippen LogP contribution in [0.5, 0.6) is 0 Å². The summed E-state index contributed by atoms with van der Waals surface area (Å²) in [7, 11) is 0. The smallest absolute Gasteiger partial charge is 0.290 e. The van der Waals surface area contributed by atoms with Gasteiger partial charge in [-0.3, -0.25) is 9.59 Å². The molecule has 2 aliphatic heterocycles. The summed E-state index contributed by atoms with van der Waals surface area (Å²) in [5.41, 5.74) is -0.172.